The molecular weight excluding hydrogens is 322 g/mol. The zero-order chi connectivity index (χ0) is 18.7. The van der Waals surface area contributed by atoms with Gasteiger partial charge in [0.2, 0.25) is 0 Å². The molecule has 0 aliphatic heterocycles. The van der Waals surface area contributed by atoms with Crippen LogP contribution in [0.2, 0.25) is 0 Å². The topological polar surface area (TPSA) is 61.7 Å². The van der Waals surface area contributed by atoms with Crippen molar-refractivity contribution in [3.63, 3.8) is 0 Å². The van der Waals surface area contributed by atoms with Gasteiger partial charge >= 0.3 is 0 Å². The van der Waals surface area contributed by atoms with Crippen molar-refractivity contribution in [3.8, 4) is 11.8 Å². The van der Waals surface area contributed by atoms with Gasteiger partial charge in [0.25, 0.3) is 0 Å². The predicted molar refractivity (Wildman–Crippen MR) is 106 cm³/mol. The van der Waals surface area contributed by atoms with E-state index in [1.54, 1.807) is 0 Å². The van der Waals surface area contributed by atoms with Crippen LogP contribution in [0.5, 0.6) is 5.75 Å². The number of hydrogen-bond donors (Lipinski definition) is 1. The summed E-state index contributed by atoms with van der Waals surface area (Å²) >= 11 is 0. The van der Waals surface area contributed by atoms with Crippen molar-refractivity contribution in [3.05, 3.63) is 58.9 Å². The van der Waals surface area contributed by atoms with E-state index in [2.05, 4.69) is 42.9 Å². The van der Waals surface area contributed by atoms with Crippen LogP contribution in [0.4, 0.5) is 0 Å². The lowest BCUT2D eigenvalue weighted by atomic mass is 10.1. The monoisotopic (exact) mass is 345 g/mol. The number of imidazole rings is 1. The molecule has 1 aromatic heterocycles. The van der Waals surface area contributed by atoms with Gasteiger partial charge in [-0.15, -0.1) is 0 Å². The maximum absolute atomic E-state index is 9.67. The van der Waals surface area contributed by atoms with Crippen LogP contribution < -0.4 is 4.74 Å². The van der Waals surface area contributed by atoms with Crippen molar-refractivity contribution in [2.75, 3.05) is 0 Å². The molecule has 2 aromatic carbocycles. The second kappa shape index (κ2) is 7.45. The number of allylic oxidation sites excluding steroid dienone is 1. The minimum Gasteiger partial charge on any atom is -0.490 e. The third-order valence-electron chi connectivity index (χ3n) is 4.59. The summed E-state index contributed by atoms with van der Waals surface area (Å²) in [4.78, 5) is 7.87. The third-order valence-corrected chi connectivity index (χ3v) is 4.59. The van der Waals surface area contributed by atoms with Crippen molar-refractivity contribution >= 4 is 22.7 Å². The molecule has 0 aliphatic carbocycles. The summed E-state index contributed by atoms with van der Waals surface area (Å²) in [7, 11) is 0. The van der Waals surface area contributed by atoms with E-state index in [0.29, 0.717) is 11.4 Å². The molecule has 0 saturated heterocycles. The Hall–Kier alpha value is -3.06. The fourth-order valence-electron chi connectivity index (χ4n) is 2.71. The number of rotatable bonds is 5. The maximum atomic E-state index is 9.67. The molecule has 0 saturated carbocycles. The van der Waals surface area contributed by atoms with E-state index in [0.717, 1.165) is 28.8 Å². The fraction of sp³-hybridized carbons (Fsp3) is 0.273. The lowest BCUT2D eigenvalue weighted by molar-refractivity contribution is 0.217. The minimum atomic E-state index is 0.118. The lowest BCUT2D eigenvalue weighted by Gasteiger charge is -2.14. The first kappa shape index (κ1) is 17.8. The molecule has 132 valence electrons. The Morgan fingerprint density at radius 2 is 2.00 bits per heavy atom. The van der Waals surface area contributed by atoms with E-state index in [9.17, 15) is 5.26 Å². The number of aromatic nitrogens is 2. The van der Waals surface area contributed by atoms with Gasteiger partial charge in [-0.05, 0) is 62.6 Å². The summed E-state index contributed by atoms with van der Waals surface area (Å²) in [5, 5.41) is 9.67. The normalized spacial score (nSPS) is 12.8. The van der Waals surface area contributed by atoms with Crippen LogP contribution >= 0.6 is 0 Å². The largest absolute Gasteiger partial charge is 0.490 e. The first-order chi connectivity index (χ1) is 12.5. The zero-order valence-electron chi connectivity index (χ0n) is 15.6. The first-order valence-electron chi connectivity index (χ1n) is 8.86. The van der Waals surface area contributed by atoms with Crippen molar-refractivity contribution in [2.24, 2.45) is 0 Å². The molecule has 0 bridgehead atoms. The van der Waals surface area contributed by atoms with Crippen LogP contribution in [-0.2, 0) is 0 Å². The summed E-state index contributed by atoms with van der Waals surface area (Å²) < 4.78 is 5.98. The van der Waals surface area contributed by atoms with Crippen molar-refractivity contribution in [2.45, 2.75) is 40.2 Å². The highest BCUT2D eigenvalue weighted by Gasteiger charge is 2.11. The quantitative estimate of drug-likeness (QED) is 0.628. The van der Waals surface area contributed by atoms with Gasteiger partial charge in [0.15, 0.2) is 0 Å². The summed E-state index contributed by atoms with van der Waals surface area (Å²) in [6, 6.07) is 14.1. The van der Waals surface area contributed by atoms with Gasteiger partial charge < -0.3 is 9.72 Å². The van der Waals surface area contributed by atoms with Crippen LogP contribution in [0, 0.1) is 25.2 Å². The average molecular weight is 345 g/mol. The molecule has 0 aliphatic rings. The number of H-pyrrole nitrogens is 1. The smallest absolute Gasteiger partial charge is 0.149 e. The van der Waals surface area contributed by atoms with Crippen LogP contribution in [0.15, 0.2) is 36.4 Å². The van der Waals surface area contributed by atoms with Gasteiger partial charge in [-0.3, -0.25) is 0 Å². The molecule has 0 amide bonds. The number of nitriles is 1. The Bertz CT molecular complexity index is 969. The number of fused-ring (bicyclic) bond motifs is 1. The number of hydrogen-bond acceptors (Lipinski definition) is 3. The summed E-state index contributed by atoms with van der Waals surface area (Å²) in [6.45, 7) is 8.25. The van der Waals surface area contributed by atoms with Gasteiger partial charge in [0, 0.05) is 5.56 Å². The highest BCUT2D eigenvalue weighted by molar-refractivity contribution is 5.91. The van der Waals surface area contributed by atoms with Crippen molar-refractivity contribution < 1.29 is 4.74 Å². The Morgan fingerprint density at radius 1 is 1.27 bits per heavy atom. The highest BCUT2D eigenvalue weighted by Crippen LogP contribution is 2.26. The highest BCUT2D eigenvalue weighted by atomic mass is 16.5. The Balaban J connectivity index is 2.03. The van der Waals surface area contributed by atoms with E-state index < -0.39 is 0 Å². The molecule has 0 radical (unpaired) electrons. The molecule has 26 heavy (non-hydrogen) atoms. The molecule has 1 unspecified atom stereocenters. The number of nitrogens with one attached hydrogen (secondary N) is 1. The number of para-hydroxylation sites is 1. The van der Waals surface area contributed by atoms with Gasteiger partial charge in [0.05, 0.1) is 22.7 Å². The summed E-state index contributed by atoms with van der Waals surface area (Å²) in [5.74, 6) is 1.35. The minimum absolute atomic E-state index is 0.118. The first-order valence-corrected chi connectivity index (χ1v) is 8.86. The maximum Gasteiger partial charge on any atom is 0.149 e. The molecular formula is C22H23N3O. The number of aryl methyl sites for hydroxylation is 2. The number of benzene rings is 2. The van der Waals surface area contributed by atoms with Gasteiger partial charge in [-0.1, -0.05) is 25.1 Å². The van der Waals surface area contributed by atoms with Crippen LogP contribution in [0.3, 0.4) is 0 Å². The second-order valence-electron chi connectivity index (χ2n) is 6.58. The van der Waals surface area contributed by atoms with E-state index in [1.165, 1.54) is 11.1 Å². The molecule has 4 heteroatoms. The average Bonchev–Trinajstić information content (AvgIpc) is 3.03. The predicted octanol–water partition coefficient (Wildman–Crippen LogP) is 5.42. The standard InChI is InChI=1S/C22H23N3O/c1-5-16(4)26-21-9-7-6-8-17(21)12-18(13-23)22-24-19-10-14(2)15(3)11-20(19)25-22/h6-12,16H,5H2,1-4H3,(H,24,25). The Labute approximate surface area is 154 Å². The van der Waals surface area contributed by atoms with Crippen LogP contribution in [0.1, 0.15) is 42.8 Å². The lowest BCUT2D eigenvalue weighted by Crippen LogP contribution is -2.10. The molecule has 3 rings (SSSR count). The van der Waals surface area contributed by atoms with E-state index in [1.807, 2.05) is 43.3 Å². The van der Waals surface area contributed by atoms with Gasteiger partial charge in [-0.25, -0.2) is 4.98 Å². The Kier molecular flexibility index (Phi) is 5.09. The van der Waals surface area contributed by atoms with Crippen LogP contribution in [-0.4, -0.2) is 16.1 Å². The molecule has 3 aromatic rings. The molecule has 4 nitrogen and oxygen atoms in total. The van der Waals surface area contributed by atoms with E-state index >= 15 is 0 Å². The molecule has 0 fully saturated rings. The van der Waals surface area contributed by atoms with Crippen molar-refractivity contribution in [1.29, 1.82) is 5.26 Å². The molecule has 1 atom stereocenters. The molecule has 1 heterocycles. The number of aromatic amines is 1. The van der Waals surface area contributed by atoms with Crippen LogP contribution in [0.25, 0.3) is 22.7 Å². The van der Waals surface area contributed by atoms with Gasteiger partial charge in [0.1, 0.15) is 17.6 Å². The van der Waals surface area contributed by atoms with Crippen molar-refractivity contribution in [1.82, 2.24) is 9.97 Å². The third kappa shape index (κ3) is 3.62. The fourth-order valence-corrected chi connectivity index (χ4v) is 2.71. The summed E-state index contributed by atoms with van der Waals surface area (Å²) in [5.41, 5.74) is 5.54. The molecule has 0 spiro atoms. The molecule has 1 N–H and O–H groups in total. The SMILES string of the molecule is CCC(C)Oc1ccccc1C=C(C#N)c1nc2cc(C)c(C)cc2[nH]1. The zero-order valence-corrected chi connectivity index (χ0v) is 15.6. The van der Waals surface area contributed by atoms with E-state index in [-0.39, 0.29) is 6.10 Å². The van der Waals surface area contributed by atoms with E-state index in [4.69, 9.17) is 4.74 Å². The number of nitrogens with zero attached hydrogens (tertiary/aromatic N) is 2. The Morgan fingerprint density at radius 3 is 2.73 bits per heavy atom. The number of ether oxygens (including phenoxy) is 1. The van der Waals surface area contributed by atoms with Gasteiger partial charge in [-0.2, -0.15) is 5.26 Å². The summed E-state index contributed by atoms with van der Waals surface area (Å²) in [6.07, 6.45) is 2.87. The second-order valence-corrected chi connectivity index (χ2v) is 6.58.